The number of nitrogens with one attached hydrogen (secondary N) is 1. The fourth-order valence-electron chi connectivity index (χ4n) is 1.97. The molecule has 0 bridgehead atoms. The highest BCUT2D eigenvalue weighted by Gasteiger charge is 2.17. The highest BCUT2D eigenvalue weighted by Crippen LogP contribution is 2.18. The fraction of sp³-hybridized carbons (Fsp3) is 0.286. The van der Waals surface area contributed by atoms with E-state index in [0.29, 0.717) is 22.3 Å². The van der Waals surface area contributed by atoms with Crippen LogP contribution in [0.1, 0.15) is 23.0 Å². The lowest BCUT2D eigenvalue weighted by atomic mass is 10.1. The first kappa shape index (κ1) is 13.1. The summed E-state index contributed by atoms with van der Waals surface area (Å²) in [5.74, 6) is -0.0392. The van der Waals surface area contributed by atoms with Crippen molar-refractivity contribution in [2.24, 2.45) is 0 Å². The number of carbonyl (C=O) groups excluding carboxylic acids is 1. The molecule has 0 saturated heterocycles. The molecule has 1 aromatic heterocycles. The molecule has 1 heterocycles. The van der Waals surface area contributed by atoms with Crippen LogP contribution in [-0.2, 0) is 4.74 Å². The summed E-state index contributed by atoms with van der Waals surface area (Å²) in [4.78, 5) is 27.2. The predicted octanol–water partition coefficient (Wildman–Crippen LogP) is 2.02. The highest BCUT2D eigenvalue weighted by molar-refractivity contribution is 5.95. The number of aromatic nitrogens is 1. The van der Waals surface area contributed by atoms with Gasteiger partial charge in [0, 0.05) is 11.2 Å². The summed E-state index contributed by atoms with van der Waals surface area (Å²) in [6, 6.07) is 5.11. The second-order valence-electron chi connectivity index (χ2n) is 4.09. The molecule has 0 aliphatic carbocycles. The van der Waals surface area contributed by atoms with Gasteiger partial charge >= 0.3 is 5.97 Å². The average molecular weight is 261 g/mol. The summed E-state index contributed by atoms with van der Waals surface area (Å²) in [5, 5.41) is 0.410. The second-order valence-corrected chi connectivity index (χ2v) is 4.09. The standard InChI is InChI=1S/C14H15NO4/c1-4-19-14(17)12-8(2)15-11-6-5-9(18-3)7-10(11)13(12)16/h5-7H,4H2,1-3H3,(H,15,16). The van der Waals surface area contributed by atoms with Gasteiger partial charge in [-0.3, -0.25) is 4.79 Å². The molecule has 0 saturated carbocycles. The number of benzene rings is 1. The van der Waals surface area contributed by atoms with Crippen LogP contribution in [0.5, 0.6) is 5.75 Å². The molecule has 5 nitrogen and oxygen atoms in total. The summed E-state index contributed by atoms with van der Waals surface area (Å²) in [5.41, 5.74) is 0.865. The zero-order valence-electron chi connectivity index (χ0n) is 11.1. The van der Waals surface area contributed by atoms with Crippen molar-refractivity contribution in [3.63, 3.8) is 0 Å². The predicted molar refractivity (Wildman–Crippen MR) is 71.8 cm³/mol. The number of rotatable bonds is 3. The van der Waals surface area contributed by atoms with E-state index >= 15 is 0 Å². The van der Waals surface area contributed by atoms with Gasteiger partial charge in [-0.2, -0.15) is 0 Å². The zero-order chi connectivity index (χ0) is 14.0. The van der Waals surface area contributed by atoms with Gasteiger partial charge in [0.1, 0.15) is 11.3 Å². The van der Waals surface area contributed by atoms with Crippen LogP contribution < -0.4 is 10.2 Å². The van der Waals surface area contributed by atoms with Crippen LogP contribution >= 0.6 is 0 Å². The summed E-state index contributed by atoms with van der Waals surface area (Å²) in [7, 11) is 1.52. The van der Waals surface area contributed by atoms with Crippen molar-refractivity contribution in [2.75, 3.05) is 13.7 Å². The molecule has 0 aliphatic heterocycles. The zero-order valence-corrected chi connectivity index (χ0v) is 11.1. The number of carbonyl (C=O) groups is 1. The van der Waals surface area contributed by atoms with E-state index in [0.717, 1.165) is 0 Å². The maximum atomic E-state index is 12.4. The number of esters is 1. The van der Waals surface area contributed by atoms with Gasteiger partial charge in [0.2, 0.25) is 5.43 Å². The van der Waals surface area contributed by atoms with Crippen molar-refractivity contribution in [1.29, 1.82) is 0 Å². The minimum atomic E-state index is -0.606. The summed E-state index contributed by atoms with van der Waals surface area (Å²) in [6.45, 7) is 3.61. The molecule has 19 heavy (non-hydrogen) atoms. The first-order valence-electron chi connectivity index (χ1n) is 5.96. The quantitative estimate of drug-likeness (QED) is 0.858. The molecule has 1 N–H and O–H groups in total. The number of aryl methyl sites for hydroxylation is 1. The van der Waals surface area contributed by atoms with Crippen LogP contribution in [-0.4, -0.2) is 24.7 Å². The summed E-state index contributed by atoms with van der Waals surface area (Å²) < 4.78 is 9.99. The Labute approximate surface area is 110 Å². The Morgan fingerprint density at radius 2 is 2.11 bits per heavy atom. The van der Waals surface area contributed by atoms with Gasteiger partial charge in [-0.15, -0.1) is 0 Å². The normalized spacial score (nSPS) is 10.5. The van der Waals surface area contributed by atoms with Crippen LogP contribution in [0.3, 0.4) is 0 Å². The number of methoxy groups -OCH3 is 1. The molecular formula is C14H15NO4. The number of ether oxygens (including phenoxy) is 2. The van der Waals surface area contributed by atoms with E-state index in [9.17, 15) is 9.59 Å². The molecule has 100 valence electrons. The van der Waals surface area contributed by atoms with Crippen molar-refractivity contribution in [3.8, 4) is 5.75 Å². The van der Waals surface area contributed by atoms with Crippen molar-refractivity contribution in [1.82, 2.24) is 4.98 Å². The number of pyridine rings is 1. The molecule has 0 fully saturated rings. The van der Waals surface area contributed by atoms with Crippen molar-refractivity contribution < 1.29 is 14.3 Å². The Morgan fingerprint density at radius 3 is 2.74 bits per heavy atom. The number of fused-ring (bicyclic) bond motifs is 1. The minimum Gasteiger partial charge on any atom is -0.497 e. The van der Waals surface area contributed by atoms with Crippen molar-refractivity contribution in [3.05, 3.63) is 39.7 Å². The van der Waals surface area contributed by atoms with E-state index in [4.69, 9.17) is 9.47 Å². The number of hydrogen-bond donors (Lipinski definition) is 1. The Balaban J connectivity index is 2.72. The van der Waals surface area contributed by atoms with E-state index in [1.54, 1.807) is 32.0 Å². The fourth-order valence-corrected chi connectivity index (χ4v) is 1.97. The van der Waals surface area contributed by atoms with E-state index in [-0.39, 0.29) is 17.6 Å². The molecular weight excluding hydrogens is 246 g/mol. The molecule has 2 aromatic rings. The average Bonchev–Trinajstić information content (AvgIpc) is 2.38. The third-order valence-corrected chi connectivity index (χ3v) is 2.88. The van der Waals surface area contributed by atoms with Gasteiger partial charge in [-0.1, -0.05) is 0 Å². The Bertz CT molecular complexity index is 688. The Morgan fingerprint density at radius 1 is 1.37 bits per heavy atom. The maximum Gasteiger partial charge on any atom is 0.343 e. The molecule has 2 rings (SSSR count). The molecule has 0 radical (unpaired) electrons. The van der Waals surface area contributed by atoms with Gasteiger partial charge in [-0.05, 0) is 32.0 Å². The van der Waals surface area contributed by atoms with Gasteiger partial charge in [-0.25, -0.2) is 4.79 Å². The van der Waals surface area contributed by atoms with E-state index in [2.05, 4.69) is 4.98 Å². The Hall–Kier alpha value is -2.30. The monoisotopic (exact) mass is 261 g/mol. The third-order valence-electron chi connectivity index (χ3n) is 2.88. The number of H-pyrrole nitrogens is 1. The molecule has 0 spiro atoms. The van der Waals surface area contributed by atoms with Crippen LogP contribution in [0.25, 0.3) is 10.9 Å². The largest absolute Gasteiger partial charge is 0.497 e. The van der Waals surface area contributed by atoms with Crippen molar-refractivity contribution >= 4 is 16.9 Å². The van der Waals surface area contributed by atoms with Crippen LogP contribution in [0.2, 0.25) is 0 Å². The lowest BCUT2D eigenvalue weighted by Gasteiger charge is -2.08. The lowest BCUT2D eigenvalue weighted by molar-refractivity contribution is 0.0523. The topological polar surface area (TPSA) is 68.4 Å². The van der Waals surface area contributed by atoms with E-state index < -0.39 is 5.97 Å². The molecule has 0 unspecified atom stereocenters. The first-order chi connectivity index (χ1) is 9.08. The molecule has 1 aromatic carbocycles. The van der Waals surface area contributed by atoms with Gasteiger partial charge in [0.25, 0.3) is 0 Å². The number of aromatic amines is 1. The van der Waals surface area contributed by atoms with E-state index in [1.807, 2.05) is 0 Å². The lowest BCUT2D eigenvalue weighted by Crippen LogP contribution is -2.20. The second kappa shape index (κ2) is 5.14. The highest BCUT2D eigenvalue weighted by atomic mass is 16.5. The Kier molecular flexibility index (Phi) is 3.55. The van der Waals surface area contributed by atoms with Gasteiger partial charge < -0.3 is 14.5 Å². The van der Waals surface area contributed by atoms with E-state index in [1.165, 1.54) is 7.11 Å². The minimum absolute atomic E-state index is 0.0441. The van der Waals surface area contributed by atoms with Gasteiger partial charge in [0.05, 0.1) is 19.1 Å². The SMILES string of the molecule is CCOC(=O)c1c(C)[nH]c2ccc(OC)cc2c1=O. The third kappa shape index (κ3) is 2.31. The van der Waals surface area contributed by atoms with Crippen LogP contribution in [0.15, 0.2) is 23.0 Å². The van der Waals surface area contributed by atoms with Crippen LogP contribution in [0, 0.1) is 6.92 Å². The smallest absolute Gasteiger partial charge is 0.343 e. The molecule has 0 amide bonds. The first-order valence-corrected chi connectivity index (χ1v) is 5.96. The molecule has 0 atom stereocenters. The van der Waals surface area contributed by atoms with Gasteiger partial charge in [0.15, 0.2) is 0 Å². The maximum absolute atomic E-state index is 12.4. The molecule has 0 aliphatic rings. The summed E-state index contributed by atoms with van der Waals surface area (Å²) in [6.07, 6.45) is 0. The molecule has 5 heteroatoms. The number of hydrogen-bond acceptors (Lipinski definition) is 4. The summed E-state index contributed by atoms with van der Waals surface area (Å²) >= 11 is 0. The van der Waals surface area contributed by atoms with Crippen LogP contribution in [0.4, 0.5) is 0 Å². The van der Waals surface area contributed by atoms with Crippen molar-refractivity contribution in [2.45, 2.75) is 13.8 Å².